The van der Waals surface area contributed by atoms with Crippen molar-refractivity contribution in [3.05, 3.63) is 36.7 Å². The minimum absolute atomic E-state index is 0.0736. The van der Waals surface area contributed by atoms with Crippen LogP contribution in [0.2, 0.25) is 0 Å². The molecular formula is C12H17NO2. The Balaban J connectivity index is 2.54. The van der Waals surface area contributed by atoms with Crippen LogP contribution in [0.15, 0.2) is 36.7 Å². The summed E-state index contributed by atoms with van der Waals surface area (Å²) >= 11 is 0. The summed E-state index contributed by atoms with van der Waals surface area (Å²) in [7, 11) is 0. The van der Waals surface area contributed by atoms with E-state index >= 15 is 0 Å². The molecule has 0 radical (unpaired) electrons. The summed E-state index contributed by atoms with van der Waals surface area (Å²) in [4.78, 5) is 13.1. The van der Waals surface area contributed by atoms with Gasteiger partial charge in [0.05, 0.1) is 0 Å². The molecule has 1 aliphatic rings. The molecule has 0 spiro atoms. The fraction of sp³-hybridized carbons (Fsp3) is 0.417. The Labute approximate surface area is 90.7 Å². The summed E-state index contributed by atoms with van der Waals surface area (Å²) in [6, 6.07) is 0. The quantitative estimate of drug-likeness (QED) is 0.696. The molecule has 1 rings (SSSR count). The number of ether oxygens (including phenoxy) is 1. The van der Waals surface area contributed by atoms with Crippen molar-refractivity contribution < 1.29 is 9.53 Å². The van der Waals surface area contributed by atoms with Crippen LogP contribution in [0.3, 0.4) is 0 Å². The molecule has 1 unspecified atom stereocenters. The van der Waals surface area contributed by atoms with E-state index in [0.29, 0.717) is 5.92 Å². The summed E-state index contributed by atoms with van der Waals surface area (Å²) in [6.07, 6.45) is 10.2. The molecule has 1 heterocycles. The summed E-state index contributed by atoms with van der Waals surface area (Å²) in [6.45, 7) is 5.94. The zero-order valence-corrected chi connectivity index (χ0v) is 9.38. The second-order valence-corrected chi connectivity index (χ2v) is 3.81. The smallest absolute Gasteiger partial charge is 0.418 e. The predicted octanol–water partition coefficient (Wildman–Crippen LogP) is 3.07. The SMILES string of the molecule is CC(C)C(C)OC(=O)N1C=CC=CC=C1. The van der Waals surface area contributed by atoms with Crippen LogP contribution in [0, 0.1) is 5.92 Å². The lowest BCUT2D eigenvalue weighted by Crippen LogP contribution is -2.27. The lowest BCUT2D eigenvalue weighted by atomic mass is 10.1. The molecule has 0 aromatic heterocycles. The van der Waals surface area contributed by atoms with Gasteiger partial charge in [-0.05, 0) is 25.0 Å². The minimum Gasteiger partial charge on any atom is -0.446 e. The van der Waals surface area contributed by atoms with Gasteiger partial charge in [-0.3, -0.25) is 4.90 Å². The first-order chi connectivity index (χ1) is 7.11. The van der Waals surface area contributed by atoms with Gasteiger partial charge in [0.2, 0.25) is 0 Å². The summed E-state index contributed by atoms with van der Waals surface area (Å²) < 4.78 is 5.26. The Hall–Kier alpha value is -1.51. The van der Waals surface area contributed by atoms with E-state index in [-0.39, 0.29) is 12.2 Å². The number of rotatable bonds is 2. The van der Waals surface area contributed by atoms with Crippen LogP contribution < -0.4 is 0 Å². The monoisotopic (exact) mass is 207 g/mol. The van der Waals surface area contributed by atoms with Crippen molar-refractivity contribution in [2.24, 2.45) is 5.92 Å². The molecule has 0 fully saturated rings. The number of allylic oxidation sites excluding steroid dienone is 4. The van der Waals surface area contributed by atoms with Gasteiger partial charge in [0.25, 0.3) is 0 Å². The maximum atomic E-state index is 11.6. The van der Waals surface area contributed by atoms with E-state index in [2.05, 4.69) is 0 Å². The topological polar surface area (TPSA) is 29.5 Å². The second-order valence-electron chi connectivity index (χ2n) is 3.81. The number of hydrogen-bond donors (Lipinski definition) is 0. The van der Waals surface area contributed by atoms with Crippen molar-refractivity contribution >= 4 is 6.09 Å². The molecular weight excluding hydrogens is 190 g/mol. The third-order valence-corrected chi connectivity index (χ3v) is 2.26. The van der Waals surface area contributed by atoms with Crippen LogP contribution in [0.1, 0.15) is 20.8 Å². The minimum atomic E-state index is -0.340. The van der Waals surface area contributed by atoms with Gasteiger partial charge in [0.15, 0.2) is 0 Å². The lowest BCUT2D eigenvalue weighted by Gasteiger charge is -2.20. The third-order valence-electron chi connectivity index (χ3n) is 2.26. The van der Waals surface area contributed by atoms with Gasteiger partial charge in [-0.2, -0.15) is 0 Å². The molecule has 0 aromatic carbocycles. The Morgan fingerprint density at radius 2 is 1.60 bits per heavy atom. The average Bonchev–Trinajstić information content (AvgIpc) is 2.45. The van der Waals surface area contributed by atoms with Crippen molar-refractivity contribution in [2.75, 3.05) is 0 Å². The highest BCUT2D eigenvalue weighted by atomic mass is 16.6. The highest BCUT2D eigenvalue weighted by Crippen LogP contribution is 2.09. The maximum Gasteiger partial charge on any atom is 0.418 e. The molecule has 1 amide bonds. The molecule has 15 heavy (non-hydrogen) atoms. The lowest BCUT2D eigenvalue weighted by molar-refractivity contribution is 0.0682. The zero-order chi connectivity index (χ0) is 11.3. The molecule has 0 saturated heterocycles. The molecule has 0 aromatic rings. The fourth-order valence-corrected chi connectivity index (χ4v) is 0.940. The fourth-order valence-electron chi connectivity index (χ4n) is 0.940. The molecule has 0 saturated carbocycles. The Morgan fingerprint density at radius 3 is 2.07 bits per heavy atom. The second kappa shape index (κ2) is 5.39. The highest BCUT2D eigenvalue weighted by Gasteiger charge is 2.16. The first-order valence-corrected chi connectivity index (χ1v) is 5.12. The molecule has 0 bridgehead atoms. The predicted molar refractivity (Wildman–Crippen MR) is 60.0 cm³/mol. The standard InChI is InChI=1S/C12H17NO2/c1-10(2)11(3)15-12(14)13-8-6-4-5-7-9-13/h4-11H,1-3H3. The summed E-state index contributed by atoms with van der Waals surface area (Å²) in [5, 5.41) is 0. The average molecular weight is 207 g/mol. The maximum absolute atomic E-state index is 11.6. The van der Waals surface area contributed by atoms with E-state index < -0.39 is 0 Å². The largest absolute Gasteiger partial charge is 0.446 e. The molecule has 0 aliphatic carbocycles. The van der Waals surface area contributed by atoms with Crippen molar-refractivity contribution in [1.29, 1.82) is 0 Å². The number of amides is 1. The van der Waals surface area contributed by atoms with Crippen molar-refractivity contribution in [3.8, 4) is 0 Å². The van der Waals surface area contributed by atoms with Gasteiger partial charge in [-0.1, -0.05) is 26.0 Å². The third kappa shape index (κ3) is 3.62. The molecule has 0 N–H and O–H groups in total. The number of carbonyl (C=O) groups excluding carboxylic acids is 1. The number of hydrogen-bond acceptors (Lipinski definition) is 2. The Morgan fingerprint density at radius 1 is 1.07 bits per heavy atom. The summed E-state index contributed by atoms with van der Waals surface area (Å²) in [5.74, 6) is 0.326. The van der Waals surface area contributed by atoms with Crippen LogP contribution in [0.4, 0.5) is 4.79 Å². The molecule has 82 valence electrons. The van der Waals surface area contributed by atoms with E-state index in [0.717, 1.165) is 0 Å². The van der Waals surface area contributed by atoms with Crippen LogP contribution >= 0.6 is 0 Å². The van der Waals surface area contributed by atoms with Gasteiger partial charge < -0.3 is 4.74 Å². The zero-order valence-electron chi connectivity index (χ0n) is 9.38. The Kier molecular flexibility index (Phi) is 4.16. The van der Waals surface area contributed by atoms with Crippen molar-refractivity contribution in [2.45, 2.75) is 26.9 Å². The van der Waals surface area contributed by atoms with Gasteiger partial charge in [-0.15, -0.1) is 0 Å². The molecule has 1 atom stereocenters. The van der Waals surface area contributed by atoms with Crippen LogP contribution in [0.25, 0.3) is 0 Å². The van der Waals surface area contributed by atoms with Crippen molar-refractivity contribution in [1.82, 2.24) is 4.90 Å². The molecule has 3 nitrogen and oxygen atoms in total. The number of nitrogens with zero attached hydrogens (tertiary/aromatic N) is 1. The van der Waals surface area contributed by atoms with Crippen LogP contribution in [-0.4, -0.2) is 17.1 Å². The van der Waals surface area contributed by atoms with Gasteiger partial charge in [0, 0.05) is 12.4 Å². The Bertz CT molecular complexity index is 287. The number of carbonyl (C=O) groups is 1. The van der Waals surface area contributed by atoms with E-state index in [1.54, 1.807) is 24.6 Å². The van der Waals surface area contributed by atoms with Crippen LogP contribution in [-0.2, 0) is 4.74 Å². The van der Waals surface area contributed by atoms with E-state index in [4.69, 9.17) is 4.74 Å². The van der Waals surface area contributed by atoms with Crippen LogP contribution in [0.5, 0.6) is 0 Å². The molecule has 1 aliphatic heterocycles. The van der Waals surface area contributed by atoms with E-state index in [1.807, 2.05) is 32.9 Å². The van der Waals surface area contributed by atoms with E-state index in [1.165, 1.54) is 4.90 Å². The first-order valence-electron chi connectivity index (χ1n) is 5.12. The van der Waals surface area contributed by atoms with E-state index in [9.17, 15) is 4.79 Å². The highest BCUT2D eigenvalue weighted by molar-refractivity contribution is 5.70. The van der Waals surface area contributed by atoms with Gasteiger partial charge in [-0.25, -0.2) is 4.79 Å². The molecule has 3 heteroatoms. The van der Waals surface area contributed by atoms with Crippen molar-refractivity contribution in [3.63, 3.8) is 0 Å². The van der Waals surface area contributed by atoms with Gasteiger partial charge in [0.1, 0.15) is 6.10 Å². The normalized spacial score (nSPS) is 16.7. The summed E-state index contributed by atoms with van der Waals surface area (Å²) in [5.41, 5.74) is 0. The van der Waals surface area contributed by atoms with Gasteiger partial charge >= 0.3 is 6.09 Å². The first kappa shape index (κ1) is 11.6.